The van der Waals surface area contributed by atoms with E-state index < -0.39 is 56.6 Å². The SMILES string of the molecule is Cc1ccc2nc(O[C@@H]3C[C@H]4C(=O)N[C@]5(C(=O)NS(=O)(=O)C6CC6)C[C@H]5C=CCCCCC[C@H](Nc5cccc(F)c5)C(=O)N4C3)sc2c1. The van der Waals surface area contributed by atoms with E-state index in [9.17, 15) is 27.2 Å². The van der Waals surface area contributed by atoms with Gasteiger partial charge in [0.05, 0.1) is 22.0 Å². The van der Waals surface area contributed by atoms with Gasteiger partial charge in [-0.25, -0.2) is 17.8 Å². The van der Waals surface area contributed by atoms with Gasteiger partial charge in [0.2, 0.25) is 21.8 Å². The summed E-state index contributed by atoms with van der Waals surface area (Å²) in [5, 5.41) is 5.92. The van der Waals surface area contributed by atoms with Crippen LogP contribution in [0.3, 0.4) is 0 Å². The van der Waals surface area contributed by atoms with Crippen molar-refractivity contribution in [3.63, 3.8) is 0 Å². The number of benzene rings is 2. The van der Waals surface area contributed by atoms with Gasteiger partial charge in [-0.3, -0.25) is 19.1 Å². The van der Waals surface area contributed by atoms with E-state index >= 15 is 0 Å². The number of thiazole rings is 1. The van der Waals surface area contributed by atoms with Crippen molar-refractivity contribution in [1.82, 2.24) is 19.9 Å². The van der Waals surface area contributed by atoms with Crippen LogP contribution in [0.4, 0.5) is 10.1 Å². The van der Waals surface area contributed by atoms with Crippen LogP contribution in [0.15, 0.2) is 54.6 Å². The quantitative estimate of drug-likeness (QED) is 0.303. The number of allylic oxidation sites excluding steroid dienone is 1. The number of sulfonamides is 1. The Bertz CT molecular complexity index is 1910. The second-order valence-electron chi connectivity index (χ2n) is 13.7. The van der Waals surface area contributed by atoms with Crippen molar-refractivity contribution in [2.24, 2.45) is 5.92 Å². The van der Waals surface area contributed by atoms with E-state index in [-0.39, 0.29) is 31.2 Å². The van der Waals surface area contributed by atoms with Crippen molar-refractivity contribution in [3.8, 4) is 5.19 Å². The molecule has 3 heterocycles. The molecule has 1 saturated heterocycles. The van der Waals surface area contributed by atoms with Gasteiger partial charge in [0.15, 0.2) is 0 Å². The number of aryl methyl sites for hydroxylation is 1. The van der Waals surface area contributed by atoms with Gasteiger partial charge in [-0.2, -0.15) is 0 Å². The summed E-state index contributed by atoms with van der Waals surface area (Å²) in [5.41, 5.74) is 0.872. The molecule has 260 valence electrons. The average Bonchev–Trinajstić information content (AvgIpc) is 3.95. The fourth-order valence-corrected chi connectivity index (χ4v) is 9.17. The number of aromatic nitrogens is 1. The summed E-state index contributed by atoms with van der Waals surface area (Å²) >= 11 is 1.38. The highest BCUT2D eigenvalue weighted by molar-refractivity contribution is 7.91. The maximum Gasteiger partial charge on any atom is 0.274 e. The van der Waals surface area contributed by atoms with Gasteiger partial charge < -0.3 is 20.3 Å². The molecule has 2 aliphatic heterocycles. The molecule has 4 aliphatic rings. The zero-order valence-electron chi connectivity index (χ0n) is 27.2. The third kappa shape index (κ3) is 7.30. The second-order valence-corrected chi connectivity index (χ2v) is 16.6. The lowest BCUT2D eigenvalue weighted by Crippen LogP contribution is -2.57. The number of anilines is 1. The fraction of sp³-hybridized carbons (Fsp3) is 0.486. The van der Waals surface area contributed by atoms with E-state index in [1.54, 1.807) is 12.1 Å². The van der Waals surface area contributed by atoms with Crippen LogP contribution < -0.4 is 20.1 Å². The Balaban J connectivity index is 1.18. The van der Waals surface area contributed by atoms with Gasteiger partial charge in [0, 0.05) is 18.0 Å². The standard InChI is InChI=1S/C35H40FN5O6S2/c1-21-12-15-27-30(16-21)48-34(38-27)47-25-18-29-31(42)39-35(33(44)40-49(45,46)26-13-14-26)19-22(35)8-5-3-2-4-6-11-28(32(43)41(29)20-25)37-24-10-7-9-23(36)17-24/h5,7-10,12,15-17,22,25-26,28-29,37H,2-4,6,11,13-14,18-20H2,1H3,(H,39,42)(H,40,44)/t22-,25-,28+,29+,35-/m1/s1. The molecular weight excluding hydrogens is 670 g/mol. The van der Waals surface area contributed by atoms with Crippen LogP contribution in [0, 0.1) is 18.7 Å². The number of nitrogens with zero attached hydrogens (tertiary/aromatic N) is 2. The first-order chi connectivity index (χ1) is 23.5. The van der Waals surface area contributed by atoms with Crippen molar-refractivity contribution in [3.05, 3.63) is 66.0 Å². The predicted octanol–water partition coefficient (Wildman–Crippen LogP) is 4.58. The molecule has 0 spiro atoms. The molecule has 0 radical (unpaired) electrons. The van der Waals surface area contributed by atoms with Gasteiger partial charge in [0.25, 0.3) is 11.1 Å². The summed E-state index contributed by atoms with van der Waals surface area (Å²) in [6, 6.07) is 10.1. The monoisotopic (exact) mass is 709 g/mol. The number of ether oxygens (including phenoxy) is 1. The van der Waals surface area contributed by atoms with Gasteiger partial charge >= 0.3 is 0 Å². The second kappa shape index (κ2) is 13.3. The third-order valence-corrected chi connectivity index (χ3v) is 12.5. The summed E-state index contributed by atoms with van der Waals surface area (Å²) in [6.45, 7) is 2.08. The molecule has 49 heavy (non-hydrogen) atoms. The molecule has 3 N–H and O–H groups in total. The summed E-state index contributed by atoms with van der Waals surface area (Å²) in [6.07, 6.45) is 8.23. The van der Waals surface area contributed by atoms with E-state index in [1.807, 2.05) is 37.3 Å². The summed E-state index contributed by atoms with van der Waals surface area (Å²) in [7, 11) is -3.85. The molecule has 2 aromatic carbocycles. The molecule has 3 fully saturated rings. The largest absolute Gasteiger partial charge is 0.465 e. The summed E-state index contributed by atoms with van der Waals surface area (Å²) in [4.78, 5) is 48.3. The van der Waals surface area contributed by atoms with E-state index in [1.165, 1.54) is 28.4 Å². The highest BCUT2D eigenvalue weighted by Crippen LogP contribution is 2.46. The first-order valence-electron chi connectivity index (χ1n) is 16.9. The third-order valence-electron chi connectivity index (χ3n) is 9.80. The van der Waals surface area contributed by atoms with E-state index in [0.29, 0.717) is 30.1 Å². The summed E-state index contributed by atoms with van der Waals surface area (Å²) < 4.78 is 49.1. The number of nitrogens with one attached hydrogen (secondary N) is 3. The van der Waals surface area contributed by atoms with Crippen molar-refractivity contribution in [2.45, 2.75) is 93.7 Å². The molecule has 3 amide bonds. The molecule has 0 unspecified atom stereocenters. The predicted molar refractivity (Wildman–Crippen MR) is 184 cm³/mol. The Kier molecular flexibility index (Phi) is 9.11. The Morgan fingerprint density at radius 3 is 2.76 bits per heavy atom. The van der Waals surface area contributed by atoms with Crippen LogP contribution in [-0.4, -0.2) is 71.5 Å². The van der Waals surface area contributed by atoms with Crippen LogP contribution in [0.25, 0.3) is 10.2 Å². The van der Waals surface area contributed by atoms with Crippen LogP contribution in [0.2, 0.25) is 0 Å². The zero-order chi connectivity index (χ0) is 34.3. The number of amides is 3. The van der Waals surface area contributed by atoms with Crippen molar-refractivity contribution in [2.75, 3.05) is 11.9 Å². The highest BCUT2D eigenvalue weighted by Gasteiger charge is 2.62. The number of carbonyl (C=O) groups excluding carboxylic acids is 3. The lowest BCUT2D eigenvalue weighted by atomic mass is 10.0. The Hall–Kier alpha value is -4.04. The maximum atomic E-state index is 14.4. The highest BCUT2D eigenvalue weighted by atomic mass is 32.2. The zero-order valence-corrected chi connectivity index (χ0v) is 28.8. The molecular formula is C35H40FN5O6S2. The van der Waals surface area contributed by atoms with Crippen molar-refractivity contribution in [1.29, 1.82) is 0 Å². The number of carbonyl (C=O) groups is 3. The lowest BCUT2D eigenvalue weighted by molar-refractivity contribution is -0.140. The van der Waals surface area contributed by atoms with Gasteiger partial charge in [-0.15, -0.1) is 0 Å². The van der Waals surface area contributed by atoms with Gasteiger partial charge in [-0.05, 0) is 81.3 Å². The Labute approximate surface area is 288 Å². The van der Waals surface area contributed by atoms with Crippen molar-refractivity contribution < 1.29 is 31.9 Å². The molecule has 1 aromatic heterocycles. The van der Waals surface area contributed by atoms with E-state index in [4.69, 9.17) is 4.74 Å². The number of rotatable bonds is 7. The summed E-state index contributed by atoms with van der Waals surface area (Å²) in [5.74, 6) is -2.49. The molecule has 2 saturated carbocycles. The average molecular weight is 710 g/mol. The van der Waals surface area contributed by atoms with E-state index in [2.05, 4.69) is 20.3 Å². The molecule has 7 rings (SSSR count). The normalized spacial score (nSPS) is 27.8. The molecule has 11 nitrogen and oxygen atoms in total. The van der Waals surface area contributed by atoms with Crippen LogP contribution >= 0.6 is 11.3 Å². The van der Waals surface area contributed by atoms with Crippen molar-refractivity contribution >= 4 is 55.0 Å². The molecule has 2 aliphatic carbocycles. The first kappa shape index (κ1) is 33.5. The lowest BCUT2D eigenvalue weighted by Gasteiger charge is -2.30. The van der Waals surface area contributed by atoms with Gasteiger partial charge in [0.1, 0.15) is 29.5 Å². The first-order valence-corrected chi connectivity index (χ1v) is 19.3. The van der Waals surface area contributed by atoms with Crippen LogP contribution in [-0.2, 0) is 24.4 Å². The van der Waals surface area contributed by atoms with Crippen LogP contribution in [0.5, 0.6) is 5.19 Å². The number of fused-ring (bicyclic) bond motifs is 3. The van der Waals surface area contributed by atoms with Crippen LogP contribution in [0.1, 0.15) is 63.4 Å². The Morgan fingerprint density at radius 2 is 1.96 bits per heavy atom. The topological polar surface area (TPSA) is 147 Å². The Morgan fingerprint density at radius 1 is 1.12 bits per heavy atom. The molecule has 5 atom stereocenters. The smallest absolute Gasteiger partial charge is 0.274 e. The molecule has 14 heteroatoms. The fourth-order valence-electron chi connectivity index (χ4n) is 6.83. The molecule has 3 aromatic rings. The van der Waals surface area contributed by atoms with E-state index in [0.717, 1.165) is 41.5 Å². The van der Waals surface area contributed by atoms with Gasteiger partial charge in [-0.1, -0.05) is 48.5 Å². The minimum Gasteiger partial charge on any atom is -0.465 e. The molecule has 0 bridgehead atoms. The minimum atomic E-state index is -3.85. The maximum absolute atomic E-state index is 14.4. The minimum absolute atomic E-state index is 0.0891. The number of hydrogen-bond acceptors (Lipinski definition) is 9. The number of halogens is 1. The number of hydrogen-bond donors (Lipinski definition) is 3.